The lowest BCUT2D eigenvalue weighted by Crippen LogP contribution is -2.72. The van der Waals surface area contributed by atoms with Crippen molar-refractivity contribution >= 4 is 0 Å². The van der Waals surface area contributed by atoms with E-state index in [1.54, 1.807) is 6.92 Å². The summed E-state index contributed by atoms with van der Waals surface area (Å²) in [6, 6.07) is -0.0817. The van der Waals surface area contributed by atoms with Crippen LogP contribution < -0.4 is 5.73 Å². The highest BCUT2D eigenvalue weighted by molar-refractivity contribution is 5.22. The van der Waals surface area contributed by atoms with Crippen LogP contribution in [0.3, 0.4) is 0 Å². The van der Waals surface area contributed by atoms with E-state index < -0.39 is 11.6 Å². The van der Waals surface area contributed by atoms with Gasteiger partial charge in [0.15, 0.2) is 0 Å². The van der Waals surface area contributed by atoms with E-state index >= 15 is 0 Å². The van der Waals surface area contributed by atoms with E-state index in [0.29, 0.717) is 0 Å². The van der Waals surface area contributed by atoms with E-state index in [9.17, 15) is 13.2 Å². The van der Waals surface area contributed by atoms with Crippen molar-refractivity contribution in [3.05, 3.63) is 0 Å². The van der Waals surface area contributed by atoms with Gasteiger partial charge in [-0.15, -0.1) is 0 Å². The van der Waals surface area contributed by atoms with E-state index in [-0.39, 0.29) is 30.7 Å². The summed E-state index contributed by atoms with van der Waals surface area (Å²) < 4.78 is 36.9. The highest BCUT2D eigenvalue weighted by Crippen LogP contribution is 2.79. The van der Waals surface area contributed by atoms with E-state index in [2.05, 4.69) is 0 Å². The Hall–Kier alpha value is -0.250. The Morgan fingerprint density at radius 1 is 1.25 bits per heavy atom. The van der Waals surface area contributed by atoms with Gasteiger partial charge in [-0.1, -0.05) is 0 Å². The number of alkyl halides is 3. The maximum absolute atomic E-state index is 12.3. The van der Waals surface area contributed by atoms with Crippen molar-refractivity contribution < 1.29 is 13.2 Å². The molecule has 0 aromatic heterocycles. The third kappa shape index (κ3) is 0.696. The fourth-order valence-corrected chi connectivity index (χ4v) is 2.65. The standard InChI is InChI=1S/C8H12F3N/c1-5(12)6-2-7(3-6,4-6)8(9,10)11/h5H,2-4,12H2,1H3/t5-,6?,7?/m1/s1. The molecule has 3 saturated carbocycles. The summed E-state index contributed by atoms with van der Waals surface area (Å²) in [6.45, 7) is 1.81. The van der Waals surface area contributed by atoms with E-state index in [1.165, 1.54) is 0 Å². The average Bonchev–Trinajstić information content (AvgIpc) is 1.46. The SMILES string of the molecule is C[C@@H](N)C12CC(C(F)(F)F)(C1)C2. The molecule has 1 nitrogen and oxygen atoms in total. The summed E-state index contributed by atoms with van der Waals surface area (Å²) in [7, 11) is 0. The first kappa shape index (κ1) is 8.35. The number of hydrogen-bond donors (Lipinski definition) is 1. The van der Waals surface area contributed by atoms with Crippen LogP contribution in [0.4, 0.5) is 13.2 Å². The van der Waals surface area contributed by atoms with Gasteiger partial charge in [-0.3, -0.25) is 0 Å². The molecule has 2 N–H and O–H groups in total. The van der Waals surface area contributed by atoms with Crippen LogP contribution in [0.2, 0.25) is 0 Å². The molecule has 1 atom stereocenters. The Bertz CT molecular complexity index is 199. The first-order chi connectivity index (χ1) is 5.31. The lowest BCUT2D eigenvalue weighted by atomic mass is 9.33. The number of halogens is 3. The Morgan fingerprint density at radius 2 is 1.67 bits per heavy atom. The predicted molar refractivity (Wildman–Crippen MR) is 38.4 cm³/mol. The minimum Gasteiger partial charge on any atom is -0.327 e. The number of nitrogens with two attached hydrogens (primary N) is 1. The van der Waals surface area contributed by atoms with Crippen LogP contribution in [0.15, 0.2) is 0 Å². The molecule has 0 aromatic carbocycles. The van der Waals surface area contributed by atoms with Crippen molar-refractivity contribution in [2.24, 2.45) is 16.6 Å². The van der Waals surface area contributed by atoms with Crippen molar-refractivity contribution in [3.63, 3.8) is 0 Å². The summed E-state index contributed by atoms with van der Waals surface area (Å²) in [6.07, 6.45) is -3.20. The molecule has 0 spiro atoms. The van der Waals surface area contributed by atoms with Crippen molar-refractivity contribution in [2.75, 3.05) is 0 Å². The molecular weight excluding hydrogens is 167 g/mol. The number of rotatable bonds is 1. The van der Waals surface area contributed by atoms with Crippen molar-refractivity contribution in [1.82, 2.24) is 0 Å². The molecule has 2 bridgehead atoms. The van der Waals surface area contributed by atoms with Crippen LogP contribution in [0.5, 0.6) is 0 Å². The maximum atomic E-state index is 12.3. The summed E-state index contributed by atoms with van der Waals surface area (Å²) in [5, 5.41) is 0. The molecule has 0 saturated heterocycles. The third-order valence-electron chi connectivity index (χ3n) is 3.64. The Balaban J connectivity index is 2.05. The van der Waals surface area contributed by atoms with Crippen LogP contribution in [-0.4, -0.2) is 12.2 Å². The van der Waals surface area contributed by atoms with Gasteiger partial charge < -0.3 is 5.73 Å². The van der Waals surface area contributed by atoms with Gasteiger partial charge in [0.2, 0.25) is 0 Å². The first-order valence-corrected chi connectivity index (χ1v) is 4.14. The van der Waals surface area contributed by atoms with Gasteiger partial charge in [0, 0.05) is 6.04 Å². The second-order valence-corrected chi connectivity index (χ2v) is 4.46. The first-order valence-electron chi connectivity index (χ1n) is 4.14. The van der Waals surface area contributed by atoms with Crippen LogP contribution >= 0.6 is 0 Å². The summed E-state index contributed by atoms with van der Waals surface area (Å²) in [5.41, 5.74) is 4.11. The fraction of sp³-hybridized carbons (Fsp3) is 1.00. The lowest BCUT2D eigenvalue weighted by molar-refractivity contribution is -0.366. The van der Waals surface area contributed by atoms with Gasteiger partial charge in [0.25, 0.3) is 0 Å². The minimum absolute atomic E-state index is 0.0817. The Kier molecular flexibility index (Phi) is 1.26. The zero-order valence-corrected chi connectivity index (χ0v) is 6.91. The second-order valence-electron chi connectivity index (χ2n) is 4.46. The monoisotopic (exact) mass is 179 g/mol. The molecule has 0 amide bonds. The van der Waals surface area contributed by atoms with Gasteiger partial charge >= 0.3 is 6.18 Å². The van der Waals surface area contributed by atoms with Gasteiger partial charge in [-0.25, -0.2) is 0 Å². The molecule has 70 valence electrons. The largest absolute Gasteiger partial charge is 0.394 e. The topological polar surface area (TPSA) is 26.0 Å². The van der Waals surface area contributed by atoms with Crippen LogP contribution in [0.1, 0.15) is 26.2 Å². The molecule has 0 aromatic rings. The van der Waals surface area contributed by atoms with Gasteiger partial charge in [-0.05, 0) is 31.6 Å². The Labute approximate surface area is 69.1 Å². The minimum atomic E-state index is -4.00. The maximum Gasteiger partial charge on any atom is 0.394 e. The number of hydrogen-bond acceptors (Lipinski definition) is 1. The quantitative estimate of drug-likeness (QED) is 0.655. The molecule has 0 heterocycles. The van der Waals surface area contributed by atoms with Gasteiger partial charge in [0.1, 0.15) is 0 Å². The average molecular weight is 179 g/mol. The molecule has 3 rings (SSSR count). The van der Waals surface area contributed by atoms with Crippen molar-refractivity contribution in [3.8, 4) is 0 Å². The highest BCUT2D eigenvalue weighted by Gasteiger charge is 2.78. The van der Waals surface area contributed by atoms with E-state index in [1.807, 2.05) is 0 Å². The molecule has 3 fully saturated rings. The molecular formula is C8H12F3N. The van der Waals surface area contributed by atoms with Gasteiger partial charge in [-0.2, -0.15) is 13.2 Å². The zero-order chi connectivity index (χ0) is 9.20. The molecule has 0 unspecified atom stereocenters. The Morgan fingerprint density at radius 3 is 1.92 bits per heavy atom. The fourth-order valence-electron chi connectivity index (χ4n) is 2.65. The van der Waals surface area contributed by atoms with Gasteiger partial charge in [0.05, 0.1) is 5.41 Å². The summed E-state index contributed by atoms with van der Waals surface area (Å²) in [5.74, 6) is 0. The normalized spacial score (nSPS) is 47.8. The molecule has 3 aliphatic carbocycles. The van der Waals surface area contributed by atoms with Crippen molar-refractivity contribution in [2.45, 2.75) is 38.4 Å². The summed E-state index contributed by atoms with van der Waals surface area (Å²) in [4.78, 5) is 0. The lowest BCUT2D eigenvalue weighted by Gasteiger charge is -2.72. The second kappa shape index (κ2) is 1.81. The van der Waals surface area contributed by atoms with Crippen LogP contribution in [0.25, 0.3) is 0 Å². The molecule has 0 radical (unpaired) electrons. The molecule has 12 heavy (non-hydrogen) atoms. The predicted octanol–water partition coefficient (Wildman–Crippen LogP) is 2.07. The molecule has 0 aliphatic heterocycles. The third-order valence-corrected chi connectivity index (χ3v) is 3.64. The van der Waals surface area contributed by atoms with Crippen LogP contribution in [-0.2, 0) is 0 Å². The van der Waals surface area contributed by atoms with Crippen LogP contribution in [0, 0.1) is 10.8 Å². The summed E-state index contributed by atoms with van der Waals surface area (Å²) >= 11 is 0. The van der Waals surface area contributed by atoms with E-state index in [0.717, 1.165) is 0 Å². The smallest absolute Gasteiger partial charge is 0.327 e. The van der Waals surface area contributed by atoms with Crippen molar-refractivity contribution in [1.29, 1.82) is 0 Å². The molecule has 4 heteroatoms. The van der Waals surface area contributed by atoms with E-state index in [4.69, 9.17) is 5.73 Å². The highest BCUT2D eigenvalue weighted by atomic mass is 19.4. The zero-order valence-electron chi connectivity index (χ0n) is 6.91. The molecule has 3 aliphatic rings.